The summed E-state index contributed by atoms with van der Waals surface area (Å²) in [6.07, 6.45) is 0. The van der Waals surface area contributed by atoms with Crippen molar-refractivity contribution in [1.29, 1.82) is 0 Å². The summed E-state index contributed by atoms with van der Waals surface area (Å²) in [6, 6.07) is 12.5. The quantitative estimate of drug-likeness (QED) is 0.439. The standard InChI is InChI=1S/C25H22F2N4O3/c1-4-31(13-21(32)29-23-18(26)6-5-7-19(23)27)25(33)17-12-20(16-10-8-14(2)9-11-16)28-24-22(17)15(3)30-34-24/h5-12H,4,13H2,1-3H3,(H,29,32). The molecule has 0 atom stereocenters. The Morgan fingerprint density at radius 3 is 2.38 bits per heavy atom. The molecule has 4 aromatic rings. The smallest absolute Gasteiger partial charge is 0.259 e. The van der Waals surface area contributed by atoms with Gasteiger partial charge < -0.3 is 14.7 Å². The fourth-order valence-electron chi connectivity index (χ4n) is 3.60. The van der Waals surface area contributed by atoms with E-state index in [0.29, 0.717) is 16.8 Å². The van der Waals surface area contributed by atoms with Crippen LogP contribution in [0.25, 0.3) is 22.4 Å². The van der Waals surface area contributed by atoms with E-state index in [2.05, 4.69) is 15.5 Å². The minimum Gasteiger partial charge on any atom is -0.335 e. The summed E-state index contributed by atoms with van der Waals surface area (Å²) in [6.45, 7) is 5.14. The predicted octanol–water partition coefficient (Wildman–Crippen LogP) is 4.89. The first kappa shape index (κ1) is 23.0. The number of fused-ring (bicyclic) bond motifs is 1. The first-order valence-electron chi connectivity index (χ1n) is 10.7. The number of hydrogen-bond donors (Lipinski definition) is 1. The van der Waals surface area contributed by atoms with E-state index < -0.39 is 35.7 Å². The zero-order chi connectivity index (χ0) is 24.4. The van der Waals surface area contributed by atoms with Crippen LogP contribution in [0.2, 0.25) is 0 Å². The number of hydrogen-bond acceptors (Lipinski definition) is 5. The van der Waals surface area contributed by atoms with Gasteiger partial charge in [-0.1, -0.05) is 41.1 Å². The van der Waals surface area contributed by atoms with Gasteiger partial charge in [0.05, 0.1) is 22.3 Å². The molecule has 2 aromatic heterocycles. The summed E-state index contributed by atoms with van der Waals surface area (Å²) < 4.78 is 33.1. The van der Waals surface area contributed by atoms with Gasteiger partial charge in [0, 0.05) is 12.1 Å². The number of amides is 2. The van der Waals surface area contributed by atoms with E-state index in [4.69, 9.17) is 4.52 Å². The molecule has 0 saturated heterocycles. The lowest BCUT2D eigenvalue weighted by atomic mass is 10.0. The number of aromatic nitrogens is 2. The van der Waals surface area contributed by atoms with Crippen molar-refractivity contribution in [1.82, 2.24) is 15.0 Å². The molecule has 0 unspecified atom stereocenters. The van der Waals surface area contributed by atoms with E-state index in [0.717, 1.165) is 23.3 Å². The maximum absolute atomic E-state index is 13.9. The predicted molar refractivity (Wildman–Crippen MR) is 123 cm³/mol. The zero-order valence-electron chi connectivity index (χ0n) is 18.9. The van der Waals surface area contributed by atoms with Crippen molar-refractivity contribution in [2.45, 2.75) is 20.8 Å². The summed E-state index contributed by atoms with van der Waals surface area (Å²) in [7, 11) is 0. The molecule has 0 aliphatic carbocycles. The molecule has 0 aliphatic rings. The van der Waals surface area contributed by atoms with Gasteiger partial charge in [0.1, 0.15) is 23.9 Å². The number of rotatable bonds is 6. The molecule has 9 heteroatoms. The van der Waals surface area contributed by atoms with Crippen LogP contribution < -0.4 is 5.32 Å². The van der Waals surface area contributed by atoms with Gasteiger partial charge in [0.25, 0.3) is 11.6 Å². The van der Waals surface area contributed by atoms with Crippen LogP contribution in [0.3, 0.4) is 0 Å². The van der Waals surface area contributed by atoms with Crippen molar-refractivity contribution in [3.8, 4) is 11.3 Å². The molecule has 4 rings (SSSR count). The Morgan fingerprint density at radius 2 is 1.74 bits per heavy atom. The number of carbonyl (C=O) groups excluding carboxylic acids is 2. The number of para-hydroxylation sites is 1. The molecule has 34 heavy (non-hydrogen) atoms. The van der Waals surface area contributed by atoms with Crippen LogP contribution in [0.5, 0.6) is 0 Å². The Balaban J connectivity index is 1.66. The maximum Gasteiger partial charge on any atom is 0.259 e. The molecule has 0 spiro atoms. The van der Waals surface area contributed by atoms with Crippen molar-refractivity contribution >= 4 is 28.6 Å². The van der Waals surface area contributed by atoms with E-state index >= 15 is 0 Å². The Hall–Kier alpha value is -4.14. The Labute approximate surface area is 194 Å². The van der Waals surface area contributed by atoms with Crippen molar-refractivity contribution < 1.29 is 22.9 Å². The molecule has 1 N–H and O–H groups in total. The summed E-state index contributed by atoms with van der Waals surface area (Å²) in [4.78, 5) is 31.8. The number of nitrogens with one attached hydrogen (secondary N) is 1. The number of aryl methyl sites for hydroxylation is 2. The van der Waals surface area contributed by atoms with Crippen molar-refractivity contribution in [2.75, 3.05) is 18.4 Å². The van der Waals surface area contributed by atoms with Gasteiger partial charge >= 0.3 is 0 Å². The fourth-order valence-corrected chi connectivity index (χ4v) is 3.60. The monoisotopic (exact) mass is 464 g/mol. The fraction of sp³-hybridized carbons (Fsp3) is 0.200. The normalized spacial score (nSPS) is 11.0. The van der Waals surface area contributed by atoms with Gasteiger partial charge in [-0.3, -0.25) is 9.59 Å². The van der Waals surface area contributed by atoms with Gasteiger partial charge in [-0.2, -0.15) is 0 Å². The second-order valence-corrected chi connectivity index (χ2v) is 7.83. The third-order valence-corrected chi connectivity index (χ3v) is 5.43. The highest BCUT2D eigenvalue weighted by Gasteiger charge is 2.25. The van der Waals surface area contributed by atoms with E-state index in [1.807, 2.05) is 31.2 Å². The zero-order valence-corrected chi connectivity index (χ0v) is 18.9. The van der Waals surface area contributed by atoms with E-state index in [1.54, 1.807) is 19.9 Å². The number of anilines is 1. The number of likely N-dealkylation sites (N-methyl/N-ethyl adjacent to an activating group) is 1. The number of halogens is 2. The van der Waals surface area contributed by atoms with Crippen LogP contribution in [0.4, 0.5) is 14.5 Å². The van der Waals surface area contributed by atoms with Gasteiger partial charge in [-0.25, -0.2) is 13.8 Å². The molecule has 0 aliphatic heterocycles. The third-order valence-electron chi connectivity index (χ3n) is 5.43. The molecule has 2 amide bonds. The summed E-state index contributed by atoms with van der Waals surface area (Å²) in [5, 5.41) is 6.59. The molecule has 0 radical (unpaired) electrons. The Morgan fingerprint density at radius 1 is 1.06 bits per heavy atom. The van der Waals surface area contributed by atoms with E-state index in [9.17, 15) is 18.4 Å². The summed E-state index contributed by atoms with van der Waals surface area (Å²) in [5.74, 6) is -2.99. The van der Waals surface area contributed by atoms with E-state index in [-0.39, 0.29) is 17.8 Å². The van der Waals surface area contributed by atoms with Gasteiger partial charge in [-0.05, 0) is 39.0 Å². The van der Waals surface area contributed by atoms with Crippen LogP contribution in [-0.2, 0) is 4.79 Å². The second kappa shape index (κ2) is 9.38. The van der Waals surface area contributed by atoms with Crippen LogP contribution in [0, 0.1) is 25.5 Å². The van der Waals surface area contributed by atoms with Gasteiger partial charge in [-0.15, -0.1) is 0 Å². The third kappa shape index (κ3) is 4.50. The van der Waals surface area contributed by atoms with Crippen LogP contribution >= 0.6 is 0 Å². The number of pyridine rings is 1. The Bertz CT molecular complexity index is 1360. The largest absolute Gasteiger partial charge is 0.335 e. The molecule has 0 saturated carbocycles. The lowest BCUT2D eigenvalue weighted by molar-refractivity contribution is -0.116. The maximum atomic E-state index is 13.9. The van der Waals surface area contributed by atoms with Crippen LogP contribution in [0.15, 0.2) is 53.1 Å². The van der Waals surface area contributed by atoms with Crippen LogP contribution in [0.1, 0.15) is 28.5 Å². The highest BCUT2D eigenvalue weighted by molar-refractivity contribution is 6.08. The average molecular weight is 464 g/mol. The van der Waals surface area contributed by atoms with Gasteiger partial charge in [0.2, 0.25) is 5.91 Å². The summed E-state index contributed by atoms with van der Waals surface area (Å²) in [5.41, 5.74) is 2.77. The lowest BCUT2D eigenvalue weighted by Crippen LogP contribution is -2.38. The SMILES string of the molecule is CCN(CC(=O)Nc1c(F)cccc1F)C(=O)c1cc(-c2ccc(C)cc2)nc2onc(C)c12. The van der Waals surface area contributed by atoms with Crippen LogP contribution in [-0.4, -0.2) is 39.9 Å². The lowest BCUT2D eigenvalue weighted by Gasteiger charge is -2.21. The van der Waals surface area contributed by atoms with E-state index in [1.165, 1.54) is 11.0 Å². The molecule has 0 bridgehead atoms. The summed E-state index contributed by atoms with van der Waals surface area (Å²) >= 11 is 0. The first-order valence-corrected chi connectivity index (χ1v) is 10.7. The Kier molecular flexibility index (Phi) is 6.36. The van der Waals surface area contributed by atoms with Crippen molar-refractivity contribution in [3.05, 3.63) is 77.0 Å². The van der Waals surface area contributed by atoms with Gasteiger partial charge in [0.15, 0.2) is 0 Å². The second-order valence-electron chi connectivity index (χ2n) is 7.83. The highest BCUT2D eigenvalue weighted by atomic mass is 19.1. The topological polar surface area (TPSA) is 88.3 Å². The molecular weight excluding hydrogens is 442 g/mol. The minimum atomic E-state index is -0.901. The molecule has 174 valence electrons. The first-order chi connectivity index (χ1) is 16.3. The molecule has 0 fully saturated rings. The minimum absolute atomic E-state index is 0.181. The molecule has 2 heterocycles. The molecule has 7 nitrogen and oxygen atoms in total. The average Bonchev–Trinajstić information content (AvgIpc) is 3.20. The number of nitrogens with zero attached hydrogens (tertiary/aromatic N) is 3. The van der Waals surface area contributed by atoms with Crippen molar-refractivity contribution in [2.24, 2.45) is 0 Å². The number of carbonyl (C=O) groups is 2. The molecular formula is C25H22F2N4O3. The highest BCUT2D eigenvalue weighted by Crippen LogP contribution is 2.28. The number of benzene rings is 2. The molecule has 2 aromatic carbocycles. The van der Waals surface area contributed by atoms with Crippen molar-refractivity contribution in [3.63, 3.8) is 0 Å².